The number of nitrogens with two attached hydrogens (primary N) is 1. The summed E-state index contributed by atoms with van der Waals surface area (Å²) >= 11 is 0. The second kappa shape index (κ2) is 6.53. The van der Waals surface area contributed by atoms with E-state index in [0.717, 1.165) is 0 Å². The van der Waals surface area contributed by atoms with Gasteiger partial charge in [-0.05, 0) is 19.1 Å². The fourth-order valence-electron chi connectivity index (χ4n) is 2.09. The van der Waals surface area contributed by atoms with Gasteiger partial charge in [0.25, 0.3) is 0 Å². The Morgan fingerprint density at radius 3 is 3.00 bits per heavy atom. The predicted octanol–water partition coefficient (Wildman–Crippen LogP) is 0.434. The molecule has 0 spiro atoms. The van der Waals surface area contributed by atoms with E-state index < -0.39 is 10.0 Å². The quantitative estimate of drug-likeness (QED) is 0.853. The Labute approximate surface area is 119 Å². The Kier molecular flexibility index (Phi) is 4.98. The molecule has 1 aliphatic rings. The van der Waals surface area contributed by atoms with E-state index in [1.807, 2.05) is 6.92 Å². The highest BCUT2D eigenvalue weighted by molar-refractivity contribution is 7.89. The highest BCUT2D eigenvalue weighted by atomic mass is 32.2. The van der Waals surface area contributed by atoms with E-state index in [0.29, 0.717) is 32.1 Å². The van der Waals surface area contributed by atoms with Gasteiger partial charge in [0, 0.05) is 25.7 Å². The molecule has 1 heterocycles. The second-order valence-electron chi connectivity index (χ2n) is 4.50. The molecule has 7 heteroatoms. The molecule has 0 saturated carbocycles. The smallest absolute Gasteiger partial charge is 0.243 e. The van der Waals surface area contributed by atoms with Gasteiger partial charge in [-0.15, -0.1) is 0 Å². The summed E-state index contributed by atoms with van der Waals surface area (Å²) in [4.78, 5) is 0.237. The van der Waals surface area contributed by atoms with Crippen molar-refractivity contribution in [1.29, 1.82) is 0 Å². The predicted molar refractivity (Wildman–Crippen MR) is 75.2 cm³/mol. The molecule has 1 saturated heterocycles. The maximum atomic E-state index is 12.6. The lowest BCUT2D eigenvalue weighted by atomic mass is 10.3. The van der Waals surface area contributed by atoms with Crippen LogP contribution in [0, 0.1) is 0 Å². The molecule has 2 rings (SSSR count). The zero-order chi connectivity index (χ0) is 14.6. The lowest BCUT2D eigenvalue weighted by molar-refractivity contribution is 0.00450. The highest BCUT2D eigenvalue weighted by Gasteiger charge is 2.30. The van der Waals surface area contributed by atoms with Gasteiger partial charge in [0.2, 0.25) is 10.0 Å². The summed E-state index contributed by atoms with van der Waals surface area (Å²) < 4.78 is 37.3. The average molecular weight is 300 g/mol. The third-order valence-corrected chi connectivity index (χ3v) is 4.98. The third kappa shape index (κ3) is 3.29. The molecule has 0 aromatic heterocycles. The molecule has 112 valence electrons. The molecule has 1 fully saturated rings. The van der Waals surface area contributed by atoms with E-state index in [2.05, 4.69) is 0 Å². The molecule has 1 atom stereocenters. The number of hydrogen-bond donors (Lipinski definition) is 1. The molecule has 0 aliphatic carbocycles. The monoisotopic (exact) mass is 300 g/mol. The van der Waals surface area contributed by atoms with E-state index in [1.54, 1.807) is 24.3 Å². The van der Waals surface area contributed by atoms with E-state index >= 15 is 0 Å². The lowest BCUT2D eigenvalue weighted by Crippen LogP contribution is -2.48. The number of benzene rings is 1. The summed E-state index contributed by atoms with van der Waals surface area (Å²) in [5.41, 5.74) is 5.54. The number of sulfonamides is 1. The zero-order valence-electron chi connectivity index (χ0n) is 11.5. The van der Waals surface area contributed by atoms with E-state index in [1.165, 1.54) is 4.31 Å². The normalized spacial score (nSPS) is 20.8. The standard InChI is InChI=1S/C13H20N2O4S/c1-2-18-11-4-3-5-13(8-11)20(16,17)15-6-7-19-12(9-14)10-15/h3-5,8,12H,2,6-7,9-10,14H2,1H3. The summed E-state index contributed by atoms with van der Waals surface area (Å²) in [5, 5.41) is 0. The minimum Gasteiger partial charge on any atom is -0.494 e. The molecule has 1 aromatic rings. The van der Waals surface area contributed by atoms with Crippen molar-refractivity contribution in [2.45, 2.75) is 17.9 Å². The van der Waals surface area contributed by atoms with Crippen LogP contribution in [0.4, 0.5) is 0 Å². The van der Waals surface area contributed by atoms with Gasteiger partial charge >= 0.3 is 0 Å². The summed E-state index contributed by atoms with van der Waals surface area (Å²) in [6.45, 7) is 3.66. The SMILES string of the molecule is CCOc1cccc(S(=O)(=O)N2CCOC(CN)C2)c1. The first kappa shape index (κ1) is 15.2. The van der Waals surface area contributed by atoms with Gasteiger partial charge in [0.15, 0.2) is 0 Å². The molecule has 0 radical (unpaired) electrons. The Bertz CT molecular complexity index is 547. The van der Waals surface area contributed by atoms with Gasteiger partial charge in [-0.3, -0.25) is 0 Å². The van der Waals surface area contributed by atoms with Crippen LogP contribution in [0.5, 0.6) is 5.75 Å². The number of nitrogens with zero attached hydrogens (tertiary/aromatic N) is 1. The molecule has 1 aromatic carbocycles. The fourth-order valence-corrected chi connectivity index (χ4v) is 3.58. The van der Waals surface area contributed by atoms with Crippen LogP contribution in [0.3, 0.4) is 0 Å². The van der Waals surface area contributed by atoms with Crippen LogP contribution in [-0.4, -0.2) is 51.7 Å². The summed E-state index contributed by atoms with van der Waals surface area (Å²) in [6.07, 6.45) is -0.242. The van der Waals surface area contributed by atoms with Crippen LogP contribution in [0.15, 0.2) is 29.2 Å². The molecular formula is C13H20N2O4S. The molecule has 0 amide bonds. The van der Waals surface area contributed by atoms with Gasteiger partial charge in [0.05, 0.1) is 24.2 Å². The van der Waals surface area contributed by atoms with Crippen molar-refractivity contribution in [2.75, 3.05) is 32.8 Å². The van der Waals surface area contributed by atoms with Crippen molar-refractivity contribution in [1.82, 2.24) is 4.31 Å². The minimum atomic E-state index is -3.53. The molecule has 2 N–H and O–H groups in total. The van der Waals surface area contributed by atoms with Crippen LogP contribution in [0.1, 0.15) is 6.92 Å². The summed E-state index contributed by atoms with van der Waals surface area (Å²) in [7, 11) is -3.53. The number of hydrogen-bond acceptors (Lipinski definition) is 5. The lowest BCUT2D eigenvalue weighted by Gasteiger charge is -2.31. The Morgan fingerprint density at radius 1 is 1.50 bits per heavy atom. The minimum absolute atomic E-state index is 0.237. The van der Waals surface area contributed by atoms with Crippen molar-refractivity contribution < 1.29 is 17.9 Å². The van der Waals surface area contributed by atoms with Crippen LogP contribution in [-0.2, 0) is 14.8 Å². The highest BCUT2D eigenvalue weighted by Crippen LogP contribution is 2.22. The number of morpholine rings is 1. The van der Waals surface area contributed by atoms with Crippen molar-refractivity contribution in [3.8, 4) is 5.75 Å². The number of ether oxygens (including phenoxy) is 2. The first-order chi connectivity index (χ1) is 9.57. The van der Waals surface area contributed by atoms with Gasteiger partial charge in [-0.2, -0.15) is 4.31 Å². The maximum Gasteiger partial charge on any atom is 0.243 e. The first-order valence-electron chi connectivity index (χ1n) is 6.62. The summed E-state index contributed by atoms with van der Waals surface area (Å²) in [5.74, 6) is 0.553. The van der Waals surface area contributed by atoms with Crippen LogP contribution < -0.4 is 10.5 Å². The molecule has 20 heavy (non-hydrogen) atoms. The van der Waals surface area contributed by atoms with Gasteiger partial charge < -0.3 is 15.2 Å². The van der Waals surface area contributed by atoms with Crippen LogP contribution in [0.25, 0.3) is 0 Å². The van der Waals surface area contributed by atoms with E-state index in [4.69, 9.17) is 15.2 Å². The molecule has 1 aliphatic heterocycles. The van der Waals surface area contributed by atoms with E-state index in [9.17, 15) is 8.42 Å². The molecule has 6 nitrogen and oxygen atoms in total. The van der Waals surface area contributed by atoms with Crippen LogP contribution in [0.2, 0.25) is 0 Å². The van der Waals surface area contributed by atoms with Crippen molar-refractivity contribution in [2.24, 2.45) is 5.73 Å². The molecule has 0 bridgehead atoms. The summed E-state index contributed by atoms with van der Waals surface area (Å²) in [6, 6.07) is 6.54. The third-order valence-electron chi connectivity index (χ3n) is 3.12. The van der Waals surface area contributed by atoms with Crippen LogP contribution >= 0.6 is 0 Å². The number of rotatable bonds is 5. The van der Waals surface area contributed by atoms with Gasteiger partial charge in [-0.1, -0.05) is 6.07 Å². The first-order valence-corrected chi connectivity index (χ1v) is 8.06. The van der Waals surface area contributed by atoms with Gasteiger partial charge in [-0.25, -0.2) is 8.42 Å². The van der Waals surface area contributed by atoms with E-state index in [-0.39, 0.29) is 17.5 Å². The maximum absolute atomic E-state index is 12.6. The Balaban J connectivity index is 2.23. The van der Waals surface area contributed by atoms with Crippen molar-refractivity contribution in [3.63, 3.8) is 0 Å². The molecular weight excluding hydrogens is 280 g/mol. The average Bonchev–Trinajstić information content (AvgIpc) is 2.48. The Morgan fingerprint density at radius 2 is 2.30 bits per heavy atom. The Hall–Kier alpha value is -1.15. The second-order valence-corrected chi connectivity index (χ2v) is 6.44. The molecule has 1 unspecified atom stereocenters. The van der Waals surface area contributed by atoms with Crippen molar-refractivity contribution in [3.05, 3.63) is 24.3 Å². The topological polar surface area (TPSA) is 81.9 Å². The largest absolute Gasteiger partial charge is 0.494 e. The van der Waals surface area contributed by atoms with Gasteiger partial charge in [0.1, 0.15) is 5.75 Å². The van der Waals surface area contributed by atoms with Crippen molar-refractivity contribution >= 4 is 10.0 Å². The zero-order valence-corrected chi connectivity index (χ0v) is 12.3. The fraction of sp³-hybridized carbons (Fsp3) is 0.538.